The number of aromatic nitrogens is 3. The van der Waals surface area contributed by atoms with Crippen LogP contribution in [0.1, 0.15) is 24.8 Å². The van der Waals surface area contributed by atoms with Gasteiger partial charge in [-0.15, -0.1) is 11.6 Å². The minimum absolute atomic E-state index is 0. The van der Waals surface area contributed by atoms with E-state index in [1.165, 1.54) is 10.8 Å². The summed E-state index contributed by atoms with van der Waals surface area (Å²) in [5.74, 6) is -0.503. The minimum Gasteiger partial charge on any atom is -0.481 e. The molecule has 3 heterocycles. The second-order valence-corrected chi connectivity index (χ2v) is 9.18. The summed E-state index contributed by atoms with van der Waals surface area (Å²) in [5, 5.41) is 17.9. The molecular weight excluding hydrogens is 697 g/mol. The normalized spacial score (nSPS) is 13.1. The Kier molecular flexibility index (Phi) is 10.5. The molecule has 9 heteroatoms. The van der Waals surface area contributed by atoms with Crippen LogP contribution in [-0.2, 0) is 36.5 Å². The summed E-state index contributed by atoms with van der Waals surface area (Å²) in [6.07, 6.45) is 6.30. The third kappa shape index (κ3) is 6.27. The van der Waals surface area contributed by atoms with E-state index in [1.807, 2.05) is 36.5 Å². The second kappa shape index (κ2) is 13.6. The number of aliphatic hydroxyl groups excluding tert-OH is 1. The maximum atomic E-state index is 10.3. The van der Waals surface area contributed by atoms with Crippen molar-refractivity contribution in [2.45, 2.75) is 25.1 Å². The molecule has 0 radical (unpaired) electrons. The molecule has 204 valence electrons. The maximum Gasteiger partial charge on any atom is 0.316 e. The number of aliphatic hydroxyl groups is 1. The molecule has 1 aliphatic rings. The molecule has 1 saturated carbocycles. The number of pyridine rings is 2. The summed E-state index contributed by atoms with van der Waals surface area (Å²) < 4.78 is 2.12. The number of carboxylic acid groups (broad SMARTS) is 1. The molecular formula is C30H28ClN3O4Pt. The van der Waals surface area contributed by atoms with Crippen molar-refractivity contribution in [3.05, 3.63) is 90.8 Å². The molecule has 7 nitrogen and oxygen atoms in total. The molecule has 0 bridgehead atoms. The Morgan fingerprint density at radius 3 is 2.31 bits per heavy atom. The topological polar surface area (TPSA) is 105 Å². The van der Waals surface area contributed by atoms with Gasteiger partial charge in [0.25, 0.3) is 0 Å². The van der Waals surface area contributed by atoms with E-state index < -0.39 is 11.4 Å². The third-order valence-electron chi connectivity index (χ3n) is 6.67. The van der Waals surface area contributed by atoms with Crippen molar-refractivity contribution < 1.29 is 40.9 Å². The Hall–Kier alpha value is -3.38. The number of alkyl halides is 1. The van der Waals surface area contributed by atoms with Gasteiger partial charge in [-0.1, -0.05) is 48.9 Å². The molecule has 0 aliphatic heterocycles. The van der Waals surface area contributed by atoms with E-state index in [0.29, 0.717) is 25.0 Å². The molecule has 0 saturated heterocycles. The first-order valence-corrected chi connectivity index (χ1v) is 12.7. The fourth-order valence-electron chi connectivity index (χ4n) is 4.40. The van der Waals surface area contributed by atoms with Gasteiger partial charge in [0.2, 0.25) is 0 Å². The van der Waals surface area contributed by atoms with Gasteiger partial charge in [-0.05, 0) is 59.5 Å². The monoisotopic (exact) mass is 724 g/mol. The smallest absolute Gasteiger partial charge is 0.316 e. The first-order valence-electron chi connectivity index (χ1n) is 12.2. The Labute approximate surface area is 245 Å². The van der Waals surface area contributed by atoms with Crippen LogP contribution in [0.25, 0.3) is 39.1 Å². The van der Waals surface area contributed by atoms with Crippen LogP contribution in [0, 0.1) is 5.41 Å². The zero-order chi connectivity index (χ0) is 27.1. The molecule has 3 aromatic heterocycles. The first kappa shape index (κ1) is 30.2. The maximum absolute atomic E-state index is 10.3. The molecule has 2 aromatic carbocycles. The Morgan fingerprint density at radius 2 is 1.74 bits per heavy atom. The van der Waals surface area contributed by atoms with Crippen molar-refractivity contribution in [3.8, 4) is 22.6 Å². The van der Waals surface area contributed by atoms with Gasteiger partial charge >= 0.3 is 5.97 Å². The summed E-state index contributed by atoms with van der Waals surface area (Å²) in [6.45, 7) is 0. The molecule has 1 aliphatic carbocycles. The number of hydrogen-bond donors (Lipinski definition) is 2. The van der Waals surface area contributed by atoms with Crippen molar-refractivity contribution in [2.75, 3.05) is 7.11 Å². The fourth-order valence-corrected chi connectivity index (χ4v) is 4.57. The van der Waals surface area contributed by atoms with Crippen molar-refractivity contribution in [2.24, 2.45) is 5.41 Å². The van der Waals surface area contributed by atoms with Crippen molar-refractivity contribution >= 4 is 40.3 Å². The van der Waals surface area contributed by atoms with E-state index in [-0.39, 0.29) is 21.1 Å². The fraction of sp³-hybridized carbons (Fsp3) is 0.200. The molecule has 0 unspecified atom stereocenters. The Bertz CT molecular complexity index is 1570. The molecule has 0 amide bonds. The number of fused-ring (bicyclic) bond motifs is 2. The summed E-state index contributed by atoms with van der Waals surface area (Å²) in [7, 11) is 1.00. The number of rotatable bonds is 5. The number of benzene rings is 2. The number of carbonyl (C=O) groups excluding carboxylic acids is 1. The molecule has 5 aromatic rings. The van der Waals surface area contributed by atoms with Crippen LogP contribution in [0.2, 0.25) is 0 Å². The molecule has 0 atom stereocenters. The second-order valence-electron chi connectivity index (χ2n) is 8.92. The van der Waals surface area contributed by atoms with E-state index in [4.69, 9.17) is 26.8 Å². The van der Waals surface area contributed by atoms with Gasteiger partial charge in [-0.2, -0.15) is 0 Å². The Balaban J connectivity index is 0.000000298. The molecule has 6 rings (SSSR count). The number of nitrogens with zero attached hydrogens (tertiary/aromatic N) is 3. The number of imidazole rings is 1. The number of hydrogen-bond acceptors (Lipinski definition) is 5. The number of aldehydes is 1. The van der Waals surface area contributed by atoms with Crippen molar-refractivity contribution in [1.82, 2.24) is 14.4 Å². The predicted molar refractivity (Wildman–Crippen MR) is 149 cm³/mol. The SMILES string of the molecule is CO.ClCc1ccn2c(-c3ccc4ccccc4c3)c(-c3ccccn3)nc2c1.O=CC1(C(=O)O)CCC1.[Pt]. The largest absolute Gasteiger partial charge is 0.481 e. The molecule has 0 spiro atoms. The molecule has 1 fully saturated rings. The zero-order valence-electron chi connectivity index (χ0n) is 21.2. The van der Waals surface area contributed by atoms with Gasteiger partial charge in [-0.3, -0.25) is 14.2 Å². The molecule has 39 heavy (non-hydrogen) atoms. The van der Waals surface area contributed by atoms with Crippen LogP contribution in [0.4, 0.5) is 0 Å². The summed E-state index contributed by atoms with van der Waals surface area (Å²) in [5.41, 5.74) is 4.80. The van der Waals surface area contributed by atoms with E-state index in [0.717, 1.165) is 47.4 Å². The van der Waals surface area contributed by atoms with Crippen molar-refractivity contribution in [3.63, 3.8) is 0 Å². The standard InChI is InChI=1S/C23H16ClN3.C6H8O3.CH4O.Pt/c24-15-16-10-12-27-21(13-16)26-22(20-7-3-4-11-25-20)23(27)19-9-8-17-5-1-2-6-18(17)14-19;7-4-6(5(8)9)2-1-3-6;1-2;/h1-14H,15H2;4H,1-3H2,(H,8,9);2H,1H3;. The first-order chi connectivity index (χ1) is 18.5. The van der Waals surface area contributed by atoms with Crippen LogP contribution < -0.4 is 0 Å². The third-order valence-corrected chi connectivity index (χ3v) is 6.98. The average molecular weight is 725 g/mol. The van der Waals surface area contributed by atoms with E-state index in [2.05, 4.69) is 51.8 Å². The summed E-state index contributed by atoms with van der Waals surface area (Å²) >= 11 is 6.02. The van der Waals surface area contributed by atoms with Crippen LogP contribution in [0.3, 0.4) is 0 Å². The van der Waals surface area contributed by atoms with Gasteiger partial charge in [0.1, 0.15) is 23.0 Å². The Morgan fingerprint density at radius 1 is 1.03 bits per heavy atom. The zero-order valence-corrected chi connectivity index (χ0v) is 24.3. The van der Waals surface area contributed by atoms with Crippen LogP contribution in [0.15, 0.2) is 85.2 Å². The predicted octanol–water partition coefficient (Wildman–Crippen LogP) is 6.00. The van der Waals surface area contributed by atoms with Gasteiger partial charge in [0, 0.05) is 52.0 Å². The number of carboxylic acids is 1. The number of carbonyl (C=O) groups is 2. The van der Waals surface area contributed by atoms with Gasteiger partial charge in [0.05, 0.1) is 11.4 Å². The average Bonchev–Trinajstić information content (AvgIpc) is 3.33. The number of halogens is 1. The van der Waals surface area contributed by atoms with Crippen LogP contribution in [-0.4, -0.2) is 43.9 Å². The van der Waals surface area contributed by atoms with E-state index in [1.54, 1.807) is 6.20 Å². The number of aliphatic carboxylic acids is 1. The minimum atomic E-state index is -1.00. The molecule has 2 N–H and O–H groups in total. The van der Waals surface area contributed by atoms with Gasteiger partial charge in [-0.25, -0.2) is 4.98 Å². The quantitative estimate of drug-likeness (QED) is 0.131. The van der Waals surface area contributed by atoms with Crippen LogP contribution in [0.5, 0.6) is 0 Å². The van der Waals surface area contributed by atoms with Gasteiger partial charge in [0.15, 0.2) is 0 Å². The van der Waals surface area contributed by atoms with E-state index >= 15 is 0 Å². The summed E-state index contributed by atoms with van der Waals surface area (Å²) in [4.78, 5) is 29.9. The summed E-state index contributed by atoms with van der Waals surface area (Å²) in [6, 6.07) is 24.9. The van der Waals surface area contributed by atoms with Crippen LogP contribution >= 0.6 is 11.6 Å². The van der Waals surface area contributed by atoms with Crippen molar-refractivity contribution in [1.29, 1.82) is 0 Å². The van der Waals surface area contributed by atoms with E-state index in [9.17, 15) is 9.59 Å². The van der Waals surface area contributed by atoms with Gasteiger partial charge < -0.3 is 15.0 Å².